The lowest BCUT2D eigenvalue weighted by atomic mass is 9.70. The molecule has 298 valence electrons. The highest BCUT2D eigenvalue weighted by molar-refractivity contribution is 6.09. The van der Waals surface area contributed by atoms with Crippen LogP contribution in [-0.4, -0.2) is 4.57 Å². The van der Waals surface area contributed by atoms with Crippen LogP contribution < -0.4 is 4.90 Å². The van der Waals surface area contributed by atoms with Crippen LogP contribution in [0.2, 0.25) is 0 Å². The maximum absolute atomic E-state index is 6.18. The number of furan rings is 1. The molecule has 14 rings (SSSR count). The molecule has 0 radical (unpaired) electrons. The third kappa shape index (κ3) is 4.81. The molecule has 3 nitrogen and oxygen atoms in total. The minimum Gasteiger partial charge on any atom is -0.456 e. The van der Waals surface area contributed by atoms with E-state index in [4.69, 9.17) is 4.42 Å². The summed E-state index contributed by atoms with van der Waals surface area (Å²) in [5, 5.41) is 4.78. The molecule has 2 aliphatic carbocycles. The molecular weight excluding hydrogens is 777 g/mol. The third-order valence-corrected chi connectivity index (χ3v) is 14.0. The normalized spacial score (nSPS) is 13.1. The van der Waals surface area contributed by atoms with E-state index in [1.807, 2.05) is 12.1 Å². The lowest BCUT2D eigenvalue weighted by Gasteiger charge is -2.32. The first kappa shape index (κ1) is 35.2. The van der Waals surface area contributed by atoms with E-state index >= 15 is 0 Å². The van der Waals surface area contributed by atoms with Gasteiger partial charge in [-0.2, -0.15) is 0 Å². The lowest BCUT2D eigenvalue weighted by molar-refractivity contribution is 0.669. The molecular formula is C61H38N2O. The van der Waals surface area contributed by atoms with Crippen LogP contribution in [0.25, 0.3) is 82.8 Å². The number of benzene rings is 10. The summed E-state index contributed by atoms with van der Waals surface area (Å²) in [6.45, 7) is 0. The van der Waals surface area contributed by atoms with Crippen molar-refractivity contribution >= 4 is 60.8 Å². The summed E-state index contributed by atoms with van der Waals surface area (Å²) in [6.07, 6.45) is 0. The van der Waals surface area contributed by atoms with Crippen molar-refractivity contribution in [1.29, 1.82) is 0 Å². The molecule has 10 aromatic carbocycles. The van der Waals surface area contributed by atoms with E-state index in [0.717, 1.165) is 55.8 Å². The molecule has 0 aliphatic heterocycles. The number of rotatable bonds is 5. The molecule has 0 amide bonds. The largest absolute Gasteiger partial charge is 0.456 e. The summed E-state index contributed by atoms with van der Waals surface area (Å²) in [6, 6.07) is 84.6. The Hall–Kier alpha value is -8.40. The second-order valence-electron chi connectivity index (χ2n) is 17.2. The average Bonchev–Trinajstić information content (AvgIpc) is 4.08. The molecule has 1 spiro atoms. The van der Waals surface area contributed by atoms with Gasteiger partial charge < -0.3 is 13.9 Å². The van der Waals surface area contributed by atoms with Gasteiger partial charge in [-0.05, 0) is 134 Å². The first-order valence-corrected chi connectivity index (χ1v) is 22.1. The first-order valence-electron chi connectivity index (χ1n) is 22.1. The molecule has 12 aromatic rings. The fraction of sp³-hybridized carbons (Fsp3) is 0.0164. The van der Waals surface area contributed by atoms with Gasteiger partial charge in [0, 0.05) is 44.3 Å². The fourth-order valence-corrected chi connectivity index (χ4v) is 11.3. The van der Waals surface area contributed by atoms with Crippen molar-refractivity contribution in [3.63, 3.8) is 0 Å². The second-order valence-corrected chi connectivity index (χ2v) is 17.2. The quantitative estimate of drug-likeness (QED) is 0.173. The molecule has 0 N–H and O–H groups in total. The van der Waals surface area contributed by atoms with Gasteiger partial charge in [0.15, 0.2) is 0 Å². The van der Waals surface area contributed by atoms with Gasteiger partial charge in [-0.3, -0.25) is 0 Å². The van der Waals surface area contributed by atoms with Crippen LogP contribution in [0, 0.1) is 0 Å². The Balaban J connectivity index is 0.954. The summed E-state index contributed by atoms with van der Waals surface area (Å²) in [4.78, 5) is 2.43. The summed E-state index contributed by atoms with van der Waals surface area (Å²) in [5.41, 5.74) is 21.0. The Labute approximate surface area is 370 Å². The van der Waals surface area contributed by atoms with Crippen LogP contribution in [0.15, 0.2) is 235 Å². The molecule has 2 aliphatic rings. The Morgan fingerprint density at radius 2 is 0.797 bits per heavy atom. The van der Waals surface area contributed by atoms with Crippen LogP contribution in [0.5, 0.6) is 0 Å². The van der Waals surface area contributed by atoms with Gasteiger partial charge >= 0.3 is 0 Å². The van der Waals surface area contributed by atoms with Crippen LogP contribution in [0.1, 0.15) is 22.3 Å². The number of aromatic nitrogens is 1. The van der Waals surface area contributed by atoms with Crippen LogP contribution in [-0.2, 0) is 5.41 Å². The van der Waals surface area contributed by atoms with Gasteiger partial charge in [0.1, 0.15) is 11.2 Å². The zero-order chi connectivity index (χ0) is 41.9. The molecule has 0 bridgehead atoms. The van der Waals surface area contributed by atoms with Gasteiger partial charge in [0.05, 0.1) is 16.4 Å². The number of fused-ring (bicyclic) bond motifs is 16. The predicted molar refractivity (Wildman–Crippen MR) is 264 cm³/mol. The standard InChI is InChI=1S/C61H38N2O/c1-7-19-53-45(13-1)46-14-2-8-20-54(46)61(53)55-21-9-3-15-47(55)48-35-34-44(38-56(48)61)62(41-28-25-39(26-29-41)40-27-36-60-52(37-40)51-18-6-12-24-59(51)64-60)42-30-32-43(33-31-42)63-57-22-10-4-16-49(57)50-17-5-11-23-58(50)63/h1-38H. The van der Waals surface area contributed by atoms with E-state index in [1.54, 1.807) is 0 Å². The highest BCUT2D eigenvalue weighted by Crippen LogP contribution is 2.63. The SMILES string of the molecule is c1ccc2c(c1)-c1ccccc1C21c2ccccc2-c2ccc(N(c3ccc(-c4ccc5oc6ccccc6c5c4)cc3)c3ccc(-n4c5ccccc5c5ccccc54)cc3)cc21. The van der Waals surface area contributed by atoms with Gasteiger partial charge in [-0.25, -0.2) is 0 Å². The van der Waals surface area contributed by atoms with Crippen molar-refractivity contribution < 1.29 is 4.42 Å². The molecule has 0 saturated carbocycles. The van der Waals surface area contributed by atoms with E-state index < -0.39 is 5.41 Å². The number of nitrogens with zero attached hydrogens (tertiary/aromatic N) is 2. The zero-order valence-corrected chi connectivity index (χ0v) is 34.7. The average molecular weight is 815 g/mol. The molecule has 2 heterocycles. The smallest absolute Gasteiger partial charge is 0.135 e. The maximum Gasteiger partial charge on any atom is 0.135 e. The Bertz CT molecular complexity index is 3730. The molecule has 0 fully saturated rings. The van der Waals surface area contributed by atoms with Crippen molar-refractivity contribution in [3.05, 3.63) is 253 Å². The highest BCUT2D eigenvalue weighted by atomic mass is 16.3. The van der Waals surface area contributed by atoms with Crippen molar-refractivity contribution in [2.45, 2.75) is 5.41 Å². The van der Waals surface area contributed by atoms with Crippen molar-refractivity contribution in [2.75, 3.05) is 4.90 Å². The van der Waals surface area contributed by atoms with Gasteiger partial charge in [-0.15, -0.1) is 0 Å². The van der Waals surface area contributed by atoms with E-state index in [-0.39, 0.29) is 0 Å². The monoisotopic (exact) mass is 814 g/mol. The summed E-state index contributed by atoms with van der Waals surface area (Å²) in [7, 11) is 0. The number of hydrogen-bond donors (Lipinski definition) is 0. The maximum atomic E-state index is 6.18. The van der Waals surface area contributed by atoms with Gasteiger partial charge in [-0.1, -0.05) is 152 Å². The van der Waals surface area contributed by atoms with E-state index in [2.05, 4.69) is 228 Å². The Kier molecular flexibility index (Phi) is 7.32. The first-order chi connectivity index (χ1) is 31.7. The van der Waals surface area contributed by atoms with Crippen molar-refractivity contribution in [3.8, 4) is 39.1 Å². The Morgan fingerprint density at radius 1 is 0.328 bits per heavy atom. The van der Waals surface area contributed by atoms with Crippen molar-refractivity contribution in [2.24, 2.45) is 0 Å². The molecule has 3 heteroatoms. The van der Waals surface area contributed by atoms with Gasteiger partial charge in [0.25, 0.3) is 0 Å². The topological polar surface area (TPSA) is 21.3 Å². The van der Waals surface area contributed by atoms with E-state index in [9.17, 15) is 0 Å². The molecule has 64 heavy (non-hydrogen) atoms. The number of hydrogen-bond acceptors (Lipinski definition) is 2. The van der Waals surface area contributed by atoms with Gasteiger partial charge in [0.2, 0.25) is 0 Å². The number of para-hydroxylation sites is 3. The molecule has 0 atom stereocenters. The number of anilines is 3. The summed E-state index contributed by atoms with van der Waals surface area (Å²) >= 11 is 0. The highest BCUT2D eigenvalue weighted by Gasteiger charge is 2.51. The minimum atomic E-state index is -0.444. The summed E-state index contributed by atoms with van der Waals surface area (Å²) < 4.78 is 8.57. The Morgan fingerprint density at radius 3 is 1.42 bits per heavy atom. The van der Waals surface area contributed by atoms with E-state index in [0.29, 0.717) is 0 Å². The molecule has 0 unspecified atom stereocenters. The second kappa shape index (κ2) is 13.3. The molecule has 0 saturated heterocycles. The molecule has 2 aromatic heterocycles. The van der Waals surface area contributed by atoms with E-state index in [1.165, 1.54) is 66.3 Å². The third-order valence-electron chi connectivity index (χ3n) is 14.0. The summed E-state index contributed by atoms with van der Waals surface area (Å²) in [5.74, 6) is 0. The predicted octanol–water partition coefficient (Wildman–Crippen LogP) is 16.2. The lowest BCUT2D eigenvalue weighted by Crippen LogP contribution is -2.26. The zero-order valence-electron chi connectivity index (χ0n) is 34.7. The van der Waals surface area contributed by atoms with Crippen molar-refractivity contribution in [1.82, 2.24) is 4.57 Å². The fourth-order valence-electron chi connectivity index (χ4n) is 11.3. The van der Waals surface area contributed by atoms with Crippen LogP contribution >= 0.6 is 0 Å². The van der Waals surface area contributed by atoms with Crippen LogP contribution in [0.3, 0.4) is 0 Å². The van der Waals surface area contributed by atoms with Crippen LogP contribution in [0.4, 0.5) is 17.1 Å². The minimum absolute atomic E-state index is 0.444.